The van der Waals surface area contributed by atoms with Crippen LogP contribution in [0.5, 0.6) is 5.75 Å². The normalized spacial score (nSPS) is 18.7. The Morgan fingerprint density at radius 3 is 2.52 bits per heavy atom. The second-order valence-electron chi connectivity index (χ2n) is 7.76. The molecule has 2 atom stereocenters. The summed E-state index contributed by atoms with van der Waals surface area (Å²) < 4.78 is 29.2. The van der Waals surface area contributed by atoms with Crippen molar-refractivity contribution in [2.24, 2.45) is 0 Å². The van der Waals surface area contributed by atoms with E-state index in [1.165, 1.54) is 0 Å². The number of carbonyl (C=O) groups excluding carboxylic acids is 1. The molecule has 2 aromatic carbocycles. The lowest BCUT2D eigenvalue weighted by molar-refractivity contribution is -0.123. The highest BCUT2D eigenvalue weighted by Gasteiger charge is 2.33. The van der Waals surface area contributed by atoms with Gasteiger partial charge < -0.3 is 10.1 Å². The lowest BCUT2D eigenvalue weighted by atomic mass is 10.1. The zero-order chi connectivity index (χ0) is 22.6. The van der Waals surface area contributed by atoms with E-state index in [1.54, 1.807) is 25.3 Å². The van der Waals surface area contributed by atoms with Crippen LogP contribution in [0.1, 0.15) is 30.5 Å². The Balaban J connectivity index is 1.71. The lowest BCUT2D eigenvalue weighted by Gasteiger charge is -2.28. The number of sulfone groups is 1. The molecule has 3 rings (SSSR count). The Labute approximate surface area is 193 Å². The largest absolute Gasteiger partial charge is 0.497 e. The highest BCUT2D eigenvalue weighted by Crippen LogP contribution is 2.26. The monoisotopic (exact) mass is 484 g/mol. The molecule has 0 radical (unpaired) electrons. The third-order valence-corrected chi connectivity index (χ3v) is 7.74. The number of ether oxygens (including phenoxy) is 1. The van der Waals surface area contributed by atoms with Gasteiger partial charge in [0, 0.05) is 22.6 Å². The number of nitrogens with zero attached hydrogens (tertiary/aromatic N) is 1. The first kappa shape index (κ1) is 23.9. The van der Waals surface area contributed by atoms with Gasteiger partial charge in [0.25, 0.3) is 0 Å². The predicted octanol–water partition coefficient (Wildman–Crippen LogP) is 3.87. The number of methoxy groups -OCH3 is 1. The van der Waals surface area contributed by atoms with Crippen molar-refractivity contribution in [1.29, 1.82) is 0 Å². The number of benzene rings is 2. The summed E-state index contributed by atoms with van der Waals surface area (Å²) in [5.74, 6) is 0.756. The molecule has 1 N–H and O–H groups in total. The van der Waals surface area contributed by atoms with Gasteiger partial charge in [-0.2, -0.15) is 0 Å². The molecule has 1 saturated heterocycles. The van der Waals surface area contributed by atoms with Crippen molar-refractivity contribution in [3.8, 4) is 5.75 Å². The first-order chi connectivity index (χ1) is 14.7. The molecule has 1 heterocycles. The summed E-state index contributed by atoms with van der Waals surface area (Å²) in [5.41, 5.74) is 1.75. The molecule has 0 saturated carbocycles. The van der Waals surface area contributed by atoms with Crippen molar-refractivity contribution in [2.45, 2.75) is 32.0 Å². The van der Waals surface area contributed by atoms with Crippen molar-refractivity contribution in [1.82, 2.24) is 10.2 Å². The Kier molecular flexibility index (Phi) is 7.86. The zero-order valence-corrected chi connectivity index (χ0v) is 19.8. The maximum atomic E-state index is 12.8. The minimum Gasteiger partial charge on any atom is -0.497 e. The van der Waals surface area contributed by atoms with Gasteiger partial charge in [-0.1, -0.05) is 41.4 Å². The Morgan fingerprint density at radius 1 is 1.23 bits per heavy atom. The van der Waals surface area contributed by atoms with E-state index in [1.807, 2.05) is 36.1 Å². The number of hydrogen-bond donors (Lipinski definition) is 1. The first-order valence-corrected chi connectivity index (χ1v) is 12.6. The zero-order valence-electron chi connectivity index (χ0n) is 17.5. The lowest BCUT2D eigenvalue weighted by Crippen LogP contribution is -2.43. The maximum absolute atomic E-state index is 12.8. The van der Waals surface area contributed by atoms with Gasteiger partial charge in [-0.05, 0) is 48.7 Å². The van der Waals surface area contributed by atoms with E-state index in [0.29, 0.717) is 23.0 Å². The van der Waals surface area contributed by atoms with Gasteiger partial charge in [-0.15, -0.1) is 0 Å². The number of halogens is 2. The fourth-order valence-corrected chi connectivity index (χ4v) is 6.08. The van der Waals surface area contributed by atoms with Crippen molar-refractivity contribution >= 4 is 38.9 Å². The van der Waals surface area contributed by atoms with Gasteiger partial charge in [0.1, 0.15) is 5.75 Å². The van der Waals surface area contributed by atoms with Crippen LogP contribution in [0.25, 0.3) is 0 Å². The number of hydrogen-bond acceptors (Lipinski definition) is 5. The topological polar surface area (TPSA) is 75.7 Å². The van der Waals surface area contributed by atoms with Crippen LogP contribution >= 0.6 is 23.2 Å². The van der Waals surface area contributed by atoms with Crippen LogP contribution in [0.2, 0.25) is 10.0 Å². The second kappa shape index (κ2) is 10.2. The molecule has 31 heavy (non-hydrogen) atoms. The molecule has 1 fully saturated rings. The van der Waals surface area contributed by atoms with E-state index in [9.17, 15) is 13.2 Å². The van der Waals surface area contributed by atoms with E-state index in [2.05, 4.69) is 5.32 Å². The van der Waals surface area contributed by atoms with Crippen LogP contribution < -0.4 is 10.1 Å². The minimum absolute atomic E-state index is 0.0645. The molecule has 0 aromatic heterocycles. The van der Waals surface area contributed by atoms with Crippen LogP contribution in [0.4, 0.5) is 0 Å². The van der Waals surface area contributed by atoms with Gasteiger partial charge in [0.15, 0.2) is 9.84 Å². The summed E-state index contributed by atoms with van der Waals surface area (Å²) in [6.45, 7) is 2.40. The summed E-state index contributed by atoms with van der Waals surface area (Å²) in [6.07, 6.45) is 0.518. The van der Waals surface area contributed by atoms with Gasteiger partial charge in [-0.3, -0.25) is 9.69 Å². The van der Waals surface area contributed by atoms with Crippen LogP contribution in [0.3, 0.4) is 0 Å². The number of nitrogens with one attached hydrogen (secondary N) is 1. The fourth-order valence-electron chi connectivity index (χ4n) is 3.74. The quantitative estimate of drug-likeness (QED) is 0.615. The van der Waals surface area contributed by atoms with Gasteiger partial charge >= 0.3 is 0 Å². The summed E-state index contributed by atoms with van der Waals surface area (Å²) in [5, 5.41) is 3.97. The molecular weight excluding hydrogens is 459 g/mol. The maximum Gasteiger partial charge on any atom is 0.234 e. The molecule has 0 aliphatic carbocycles. The average molecular weight is 485 g/mol. The van der Waals surface area contributed by atoms with Crippen molar-refractivity contribution in [2.75, 3.05) is 25.2 Å². The van der Waals surface area contributed by atoms with Crippen LogP contribution in [-0.4, -0.2) is 50.4 Å². The third kappa shape index (κ3) is 6.59. The molecule has 1 amide bonds. The Bertz CT molecular complexity index is 1030. The summed E-state index contributed by atoms with van der Waals surface area (Å²) in [6, 6.07) is 12.2. The summed E-state index contributed by atoms with van der Waals surface area (Å²) in [7, 11) is -1.48. The highest BCUT2D eigenvalue weighted by atomic mass is 35.5. The third-order valence-electron chi connectivity index (χ3n) is 5.42. The molecule has 2 unspecified atom stereocenters. The molecule has 168 valence electrons. The molecule has 1 aliphatic rings. The molecular formula is C22H26Cl2N2O4S. The van der Waals surface area contributed by atoms with Crippen LogP contribution in [0, 0.1) is 0 Å². The van der Waals surface area contributed by atoms with Gasteiger partial charge in [-0.25, -0.2) is 8.42 Å². The smallest absolute Gasteiger partial charge is 0.234 e. The van der Waals surface area contributed by atoms with E-state index in [0.717, 1.165) is 16.9 Å². The second-order valence-corrected chi connectivity index (χ2v) is 10.8. The highest BCUT2D eigenvalue weighted by molar-refractivity contribution is 7.91. The molecule has 9 heteroatoms. The van der Waals surface area contributed by atoms with Crippen LogP contribution in [0.15, 0.2) is 42.5 Å². The summed E-state index contributed by atoms with van der Waals surface area (Å²) in [4.78, 5) is 14.8. The van der Waals surface area contributed by atoms with Crippen molar-refractivity contribution in [3.05, 3.63) is 63.6 Å². The van der Waals surface area contributed by atoms with Gasteiger partial charge in [0.2, 0.25) is 5.91 Å². The molecule has 6 nitrogen and oxygen atoms in total. The first-order valence-electron chi connectivity index (χ1n) is 9.98. The summed E-state index contributed by atoms with van der Waals surface area (Å²) >= 11 is 12.2. The SMILES string of the molecule is COc1ccc(CN(CC(=O)NC(C)c2ccc(Cl)cc2Cl)C2CCS(=O)(=O)C2)cc1. The minimum atomic E-state index is -3.08. The predicted molar refractivity (Wildman–Crippen MR) is 123 cm³/mol. The van der Waals surface area contributed by atoms with E-state index in [-0.39, 0.29) is 36.0 Å². The van der Waals surface area contributed by atoms with Gasteiger partial charge in [0.05, 0.1) is 31.2 Å². The Hall–Kier alpha value is -1.80. The number of rotatable bonds is 8. The van der Waals surface area contributed by atoms with Crippen molar-refractivity contribution < 1.29 is 17.9 Å². The van der Waals surface area contributed by atoms with Crippen molar-refractivity contribution in [3.63, 3.8) is 0 Å². The van der Waals surface area contributed by atoms with E-state index in [4.69, 9.17) is 27.9 Å². The standard InChI is InChI=1S/C22H26Cl2N2O4S/c1-15(20-8-5-17(23)11-21(20)24)25-22(27)13-26(18-9-10-31(28,29)14-18)12-16-3-6-19(30-2)7-4-16/h3-8,11,15,18H,9-10,12-14H2,1-2H3,(H,25,27). The molecule has 0 spiro atoms. The number of carbonyl (C=O) groups is 1. The molecule has 1 aliphatic heterocycles. The van der Waals surface area contributed by atoms with E-state index >= 15 is 0 Å². The Morgan fingerprint density at radius 2 is 1.94 bits per heavy atom. The molecule has 0 bridgehead atoms. The van der Waals surface area contributed by atoms with E-state index < -0.39 is 9.84 Å². The van der Waals surface area contributed by atoms with Crippen LogP contribution in [-0.2, 0) is 21.2 Å². The average Bonchev–Trinajstić information content (AvgIpc) is 3.07. The number of amides is 1. The fraction of sp³-hybridized carbons (Fsp3) is 0.409. The molecule has 2 aromatic rings.